The summed E-state index contributed by atoms with van der Waals surface area (Å²) in [7, 11) is 0. The van der Waals surface area contributed by atoms with Crippen LogP contribution in [0.15, 0.2) is 12.1 Å². The van der Waals surface area contributed by atoms with Crippen LogP contribution in [0.2, 0.25) is 0 Å². The van der Waals surface area contributed by atoms with Gasteiger partial charge in [0, 0.05) is 11.8 Å². The van der Waals surface area contributed by atoms with Gasteiger partial charge in [-0.2, -0.15) is 0 Å². The van der Waals surface area contributed by atoms with Crippen LogP contribution >= 0.6 is 0 Å². The van der Waals surface area contributed by atoms with Crippen LogP contribution in [-0.2, 0) is 11.2 Å². The minimum Gasteiger partial charge on any atom is -0.507 e. The largest absolute Gasteiger partial charge is 0.507 e. The van der Waals surface area contributed by atoms with Crippen molar-refractivity contribution in [2.24, 2.45) is 17.3 Å². The van der Waals surface area contributed by atoms with Crippen molar-refractivity contribution >= 4 is 11.8 Å². The number of carboxylic acid groups (broad SMARTS) is 1. The zero-order chi connectivity index (χ0) is 16.4. The molecule has 23 heavy (non-hydrogen) atoms. The van der Waals surface area contributed by atoms with E-state index >= 15 is 0 Å². The highest BCUT2D eigenvalue weighted by Crippen LogP contribution is 2.59. The van der Waals surface area contributed by atoms with Crippen molar-refractivity contribution in [1.82, 2.24) is 0 Å². The van der Waals surface area contributed by atoms with Gasteiger partial charge >= 0.3 is 5.97 Å². The van der Waals surface area contributed by atoms with Crippen LogP contribution in [0.4, 0.5) is 0 Å². The van der Waals surface area contributed by atoms with Crippen LogP contribution in [-0.4, -0.2) is 22.0 Å². The van der Waals surface area contributed by atoms with Gasteiger partial charge in [-0.25, -0.2) is 4.79 Å². The Kier molecular flexibility index (Phi) is 3.09. The van der Waals surface area contributed by atoms with Crippen molar-refractivity contribution in [3.05, 3.63) is 28.8 Å². The van der Waals surface area contributed by atoms with E-state index in [0.29, 0.717) is 30.0 Å². The van der Waals surface area contributed by atoms with Gasteiger partial charge in [0.15, 0.2) is 0 Å². The maximum absolute atomic E-state index is 12.3. The first-order valence-electron chi connectivity index (χ1n) is 8.54. The van der Waals surface area contributed by atoms with E-state index in [1.165, 1.54) is 0 Å². The number of Topliss-reactive ketones (excluding diaryl/α,β-unsaturated/α-hetero) is 1. The Morgan fingerprint density at radius 3 is 2.74 bits per heavy atom. The van der Waals surface area contributed by atoms with E-state index in [0.717, 1.165) is 43.2 Å². The summed E-state index contributed by atoms with van der Waals surface area (Å²) in [6, 6.07) is 3.33. The van der Waals surface area contributed by atoms with Gasteiger partial charge in [0.2, 0.25) is 0 Å². The summed E-state index contributed by atoms with van der Waals surface area (Å²) in [6.45, 7) is 2.14. The molecule has 0 aliphatic heterocycles. The van der Waals surface area contributed by atoms with Crippen LogP contribution in [0, 0.1) is 17.3 Å². The molecule has 3 aliphatic carbocycles. The van der Waals surface area contributed by atoms with Gasteiger partial charge in [-0.15, -0.1) is 0 Å². The predicted octanol–water partition coefficient (Wildman–Crippen LogP) is 3.52. The third kappa shape index (κ3) is 1.97. The smallest absolute Gasteiger partial charge is 0.339 e. The average molecular weight is 314 g/mol. The van der Waals surface area contributed by atoms with Crippen molar-refractivity contribution in [1.29, 1.82) is 0 Å². The van der Waals surface area contributed by atoms with E-state index in [1.54, 1.807) is 12.1 Å². The van der Waals surface area contributed by atoms with Gasteiger partial charge in [-0.3, -0.25) is 4.79 Å². The second kappa shape index (κ2) is 4.83. The highest BCUT2D eigenvalue weighted by atomic mass is 16.4. The SMILES string of the molecule is C[C@]12CC[C@@H]3c4cc(C(=O)O)c(O)cc4CC[C@H]3[C@@H]1CCC2=O. The van der Waals surface area contributed by atoms with Crippen molar-refractivity contribution in [3.8, 4) is 5.75 Å². The summed E-state index contributed by atoms with van der Waals surface area (Å²) in [5.41, 5.74) is 2.02. The van der Waals surface area contributed by atoms with Crippen molar-refractivity contribution in [2.45, 2.75) is 51.4 Å². The lowest BCUT2D eigenvalue weighted by atomic mass is 9.55. The number of ketones is 1. The highest BCUT2D eigenvalue weighted by Gasteiger charge is 2.54. The molecule has 4 atom stereocenters. The maximum Gasteiger partial charge on any atom is 0.339 e. The first-order chi connectivity index (χ1) is 10.9. The molecule has 0 heterocycles. The van der Waals surface area contributed by atoms with Gasteiger partial charge in [0.05, 0.1) is 0 Å². The number of fused-ring (bicyclic) bond motifs is 5. The summed E-state index contributed by atoms with van der Waals surface area (Å²) in [6.07, 6.45) is 5.44. The molecule has 4 nitrogen and oxygen atoms in total. The highest BCUT2D eigenvalue weighted by molar-refractivity contribution is 5.91. The molecule has 122 valence electrons. The zero-order valence-corrected chi connectivity index (χ0v) is 13.3. The second-order valence-electron chi connectivity index (χ2n) is 7.71. The number of carboxylic acids is 1. The topological polar surface area (TPSA) is 74.6 Å². The first kappa shape index (κ1) is 14.7. The van der Waals surface area contributed by atoms with E-state index in [2.05, 4.69) is 6.92 Å². The molecule has 0 unspecified atom stereocenters. The number of aryl methyl sites for hydroxylation is 1. The molecule has 0 amide bonds. The standard InChI is InChI=1S/C19H22O4/c1-19-7-6-11-12(15(19)4-5-17(19)21)3-2-10-8-16(20)14(18(22)23)9-13(10)11/h8-9,11-12,15,20H,2-7H2,1H3,(H,22,23)/t11-,12+,15-,19-/m0/s1. The molecule has 0 radical (unpaired) electrons. The van der Waals surface area contributed by atoms with Crippen molar-refractivity contribution < 1.29 is 19.8 Å². The average Bonchev–Trinajstić information content (AvgIpc) is 2.81. The van der Waals surface area contributed by atoms with E-state index in [9.17, 15) is 19.8 Å². The maximum atomic E-state index is 12.3. The monoisotopic (exact) mass is 314 g/mol. The molecular formula is C19H22O4. The molecule has 0 saturated heterocycles. The van der Waals surface area contributed by atoms with Crippen molar-refractivity contribution in [3.63, 3.8) is 0 Å². The molecular weight excluding hydrogens is 292 g/mol. The van der Waals surface area contributed by atoms with Crippen LogP contribution in [0.5, 0.6) is 5.75 Å². The lowest BCUT2D eigenvalue weighted by molar-refractivity contribution is -0.129. The lowest BCUT2D eigenvalue weighted by Crippen LogP contribution is -2.42. The first-order valence-corrected chi connectivity index (χ1v) is 8.54. The fraction of sp³-hybridized carbons (Fsp3) is 0.579. The fourth-order valence-electron chi connectivity index (χ4n) is 5.55. The van der Waals surface area contributed by atoms with Gasteiger partial charge in [0.25, 0.3) is 0 Å². The molecule has 2 fully saturated rings. The molecule has 2 N–H and O–H groups in total. The summed E-state index contributed by atoms with van der Waals surface area (Å²) in [5, 5.41) is 19.2. The molecule has 4 heteroatoms. The van der Waals surface area contributed by atoms with Gasteiger partial charge in [-0.05, 0) is 73.1 Å². The third-order valence-electron chi connectivity index (χ3n) is 6.78. The lowest BCUT2D eigenvalue weighted by Gasteiger charge is -2.48. The Hall–Kier alpha value is -1.84. The molecule has 0 aromatic heterocycles. The van der Waals surface area contributed by atoms with Crippen LogP contribution in [0.1, 0.15) is 66.4 Å². The van der Waals surface area contributed by atoms with Crippen molar-refractivity contribution in [2.75, 3.05) is 0 Å². The third-order valence-corrected chi connectivity index (χ3v) is 6.78. The summed E-state index contributed by atoms with van der Waals surface area (Å²) in [5.74, 6) is 0.448. The Bertz CT molecular complexity index is 708. The number of hydrogen-bond donors (Lipinski definition) is 2. The molecule has 1 aromatic rings. The molecule has 0 bridgehead atoms. The molecule has 0 spiro atoms. The minimum absolute atomic E-state index is 0.000216. The number of aromatic carboxylic acids is 1. The normalized spacial score (nSPS) is 35.3. The Labute approximate surface area is 135 Å². The summed E-state index contributed by atoms with van der Waals surface area (Å²) in [4.78, 5) is 23.7. The Morgan fingerprint density at radius 2 is 2.00 bits per heavy atom. The fourth-order valence-corrected chi connectivity index (χ4v) is 5.55. The number of rotatable bonds is 1. The molecule has 3 aliphatic rings. The van der Waals surface area contributed by atoms with Crippen LogP contribution in [0.25, 0.3) is 0 Å². The number of benzene rings is 1. The predicted molar refractivity (Wildman–Crippen MR) is 84.7 cm³/mol. The van der Waals surface area contributed by atoms with Crippen LogP contribution in [0.3, 0.4) is 0 Å². The van der Waals surface area contributed by atoms with E-state index in [-0.39, 0.29) is 16.7 Å². The van der Waals surface area contributed by atoms with Crippen LogP contribution < -0.4 is 0 Å². The van der Waals surface area contributed by atoms with E-state index in [1.807, 2.05) is 0 Å². The Balaban J connectivity index is 1.76. The minimum atomic E-state index is -1.08. The number of hydrogen-bond acceptors (Lipinski definition) is 3. The molecule has 1 aromatic carbocycles. The zero-order valence-electron chi connectivity index (χ0n) is 13.3. The molecule has 2 saturated carbocycles. The van der Waals surface area contributed by atoms with Gasteiger partial charge in [-0.1, -0.05) is 6.92 Å². The quantitative estimate of drug-likeness (QED) is 0.831. The van der Waals surface area contributed by atoms with E-state index < -0.39 is 5.97 Å². The number of phenols is 1. The number of carbonyl (C=O) groups is 2. The van der Waals surface area contributed by atoms with E-state index in [4.69, 9.17) is 0 Å². The Morgan fingerprint density at radius 1 is 1.22 bits per heavy atom. The summed E-state index contributed by atoms with van der Waals surface area (Å²) >= 11 is 0. The van der Waals surface area contributed by atoms with Gasteiger partial charge in [0.1, 0.15) is 17.1 Å². The van der Waals surface area contributed by atoms with Gasteiger partial charge < -0.3 is 10.2 Å². The molecule has 4 rings (SSSR count). The number of aromatic hydroxyl groups is 1. The second-order valence-corrected chi connectivity index (χ2v) is 7.71. The number of carbonyl (C=O) groups excluding carboxylic acids is 1. The summed E-state index contributed by atoms with van der Waals surface area (Å²) < 4.78 is 0.